The average Bonchev–Trinajstić information content (AvgIpc) is 3.03. The van der Waals surface area contributed by atoms with Gasteiger partial charge >= 0.3 is 11.5 Å². The van der Waals surface area contributed by atoms with E-state index in [1.807, 2.05) is 0 Å². The number of rotatable bonds is 3. The zero-order chi connectivity index (χ0) is 19.2. The summed E-state index contributed by atoms with van der Waals surface area (Å²) in [7, 11) is 0. The summed E-state index contributed by atoms with van der Waals surface area (Å²) in [6.07, 6.45) is 2.11. The molecule has 0 aliphatic rings. The van der Waals surface area contributed by atoms with E-state index in [1.54, 1.807) is 0 Å². The van der Waals surface area contributed by atoms with E-state index in [4.69, 9.17) is 16.7 Å². The number of aromatic amines is 1. The van der Waals surface area contributed by atoms with Crippen LogP contribution in [-0.4, -0.2) is 40.9 Å². The largest absolute Gasteiger partial charge is 0.604 e. The molecule has 2 N–H and O–H groups in total. The Morgan fingerprint density at radius 2 is 2.08 bits per heavy atom. The fraction of sp³-hybridized carbons (Fsp3) is 0.0769. The van der Waals surface area contributed by atoms with Gasteiger partial charge in [-0.1, -0.05) is 11.6 Å². The first-order chi connectivity index (χ1) is 12.1. The van der Waals surface area contributed by atoms with Crippen molar-refractivity contribution in [2.45, 2.75) is 10.4 Å². The molecule has 0 aliphatic carbocycles. The summed E-state index contributed by atoms with van der Waals surface area (Å²) in [4.78, 5) is 28.5. The Morgan fingerprint density at radius 1 is 1.38 bits per heavy atom. The Kier molecular flexibility index (Phi) is 4.42. The van der Waals surface area contributed by atoms with Crippen molar-refractivity contribution < 1.29 is 27.6 Å². The molecule has 1 aromatic carbocycles. The van der Waals surface area contributed by atoms with E-state index >= 15 is 0 Å². The minimum absolute atomic E-state index is 0.0796. The lowest BCUT2D eigenvalue weighted by Crippen LogP contribution is -2.24. The summed E-state index contributed by atoms with van der Waals surface area (Å²) in [6, 6.07) is 1.72. The maximum Gasteiger partial charge on any atom is 0.578 e. The van der Waals surface area contributed by atoms with Crippen LogP contribution >= 0.6 is 11.6 Å². The second kappa shape index (κ2) is 6.30. The number of nitrogens with zero attached hydrogens (tertiary/aromatic N) is 3. The van der Waals surface area contributed by atoms with E-state index in [0.717, 1.165) is 29.2 Å². The van der Waals surface area contributed by atoms with Crippen LogP contribution in [0.4, 0.5) is 13.2 Å². The van der Waals surface area contributed by atoms with Gasteiger partial charge in [0.15, 0.2) is 4.90 Å². The van der Waals surface area contributed by atoms with Crippen LogP contribution in [0.25, 0.3) is 16.9 Å². The predicted molar refractivity (Wildman–Crippen MR) is 83.9 cm³/mol. The molecule has 3 rings (SSSR count). The molecule has 0 saturated heterocycles. The van der Waals surface area contributed by atoms with E-state index in [2.05, 4.69) is 15.1 Å². The number of carbonyl (C=O) groups is 1. The van der Waals surface area contributed by atoms with Gasteiger partial charge in [0, 0.05) is 12.3 Å². The summed E-state index contributed by atoms with van der Waals surface area (Å²) in [5.41, 5.74) is -6.13. The molecule has 2 heterocycles. The highest BCUT2D eigenvalue weighted by Crippen LogP contribution is 2.35. The minimum atomic E-state index is -5.04. The van der Waals surface area contributed by atoms with Gasteiger partial charge in [-0.25, -0.2) is 14.5 Å². The quantitative estimate of drug-likeness (QED) is 0.642. The van der Waals surface area contributed by atoms with Gasteiger partial charge in [0.25, 0.3) is 5.56 Å². The van der Waals surface area contributed by atoms with Crippen LogP contribution in [-0.2, 0) is 11.2 Å². The van der Waals surface area contributed by atoms with Crippen molar-refractivity contribution in [3.63, 3.8) is 0 Å². The molecule has 26 heavy (non-hydrogen) atoms. The first-order valence-corrected chi connectivity index (χ1v) is 8.11. The molecule has 0 bridgehead atoms. The number of nitrogens with one attached hydrogen (secondary N) is 1. The van der Waals surface area contributed by atoms with Gasteiger partial charge < -0.3 is 9.66 Å². The summed E-state index contributed by atoms with van der Waals surface area (Å²) in [5, 5.41) is 11.9. The van der Waals surface area contributed by atoms with Gasteiger partial charge in [0.1, 0.15) is 11.2 Å². The van der Waals surface area contributed by atoms with Crippen LogP contribution < -0.4 is 5.56 Å². The number of hydrogen-bond donors (Lipinski definition) is 2. The number of alkyl halides is 3. The number of H-pyrrole nitrogens is 1. The zero-order valence-electron chi connectivity index (χ0n) is 12.2. The first kappa shape index (κ1) is 18.2. The number of hydrogen-bond acceptors (Lipinski definition) is 5. The van der Waals surface area contributed by atoms with Gasteiger partial charge in [-0.3, -0.25) is 9.78 Å². The van der Waals surface area contributed by atoms with Crippen molar-refractivity contribution in [2.24, 2.45) is 0 Å². The molecule has 0 amide bonds. The molecule has 3 aromatic rings. The van der Waals surface area contributed by atoms with Gasteiger partial charge in [0.2, 0.25) is 5.95 Å². The molecule has 0 saturated carbocycles. The molecular formula is C13H6ClF3N4O4S. The Morgan fingerprint density at radius 3 is 2.65 bits per heavy atom. The Hall–Kier alpha value is -2.57. The van der Waals surface area contributed by atoms with Crippen molar-refractivity contribution in [3.05, 3.63) is 45.5 Å². The Labute approximate surface area is 149 Å². The highest BCUT2D eigenvalue weighted by molar-refractivity contribution is 7.92. The molecule has 13 heteroatoms. The summed E-state index contributed by atoms with van der Waals surface area (Å²) < 4.78 is 50.4. The van der Waals surface area contributed by atoms with Crippen LogP contribution in [0.15, 0.2) is 34.2 Å². The zero-order valence-corrected chi connectivity index (χ0v) is 13.8. The van der Waals surface area contributed by atoms with E-state index in [-0.39, 0.29) is 22.4 Å². The third-order valence-electron chi connectivity index (χ3n) is 3.20. The highest BCUT2D eigenvalue weighted by atomic mass is 35.5. The number of benzene rings is 1. The molecular weight excluding hydrogens is 401 g/mol. The minimum Gasteiger partial charge on any atom is -0.604 e. The smallest absolute Gasteiger partial charge is 0.578 e. The lowest BCUT2D eigenvalue weighted by molar-refractivity contribution is -0.0435. The van der Waals surface area contributed by atoms with Gasteiger partial charge in [-0.2, -0.15) is 5.10 Å². The van der Waals surface area contributed by atoms with Crippen molar-refractivity contribution in [2.75, 3.05) is 0 Å². The second-order valence-electron chi connectivity index (χ2n) is 4.88. The molecule has 0 fully saturated rings. The third kappa shape index (κ3) is 3.25. The monoisotopic (exact) mass is 406 g/mol. The third-order valence-corrected chi connectivity index (χ3v) is 4.79. The number of halogens is 4. The molecule has 8 nitrogen and oxygen atoms in total. The molecule has 136 valence electrons. The topological polar surface area (TPSA) is 124 Å². The van der Waals surface area contributed by atoms with Gasteiger partial charge in [-0.05, 0) is 6.07 Å². The van der Waals surface area contributed by atoms with Gasteiger partial charge in [-0.15, -0.1) is 13.2 Å². The molecule has 0 spiro atoms. The normalized spacial score (nSPS) is 13.1. The average molecular weight is 407 g/mol. The van der Waals surface area contributed by atoms with Crippen molar-refractivity contribution in [3.8, 4) is 5.95 Å². The highest BCUT2D eigenvalue weighted by Gasteiger charge is 2.47. The van der Waals surface area contributed by atoms with E-state index in [0.29, 0.717) is 0 Å². The van der Waals surface area contributed by atoms with Crippen LogP contribution in [0.1, 0.15) is 10.4 Å². The summed E-state index contributed by atoms with van der Waals surface area (Å²) >= 11 is 2.34. The molecule has 2 aromatic heterocycles. The standard InChI is InChI=1S/C13H6ClF3N4O4S/c14-7-2-8-6(1-9(7)26(25)13(15,16)17)10(22)20-12(19-8)21-4-5(3-18-21)11(23)24/h1-4H,(H,23,24)(H,19,20,22). The molecule has 1 atom stereocenters. The fourth-order valence-corrected chi connectivity index (χ4v) is 3.13. The molecule has 0 radical (unpaired) electrons. The lowest BCUT2D eigenvalue weighted by atomic mass is 10.2. The van der Waals surface area contributed by atoms with E-state index in [1.165, 1.54) is 0 Å². The van der Waals surface area contributed by atoms with Crippen LogP contribution in [0.3, 0.4) is 0 Å². The lowest BCUT2D eigenvalue weighted by Gasteiger charge is -2.13. The van der Waals surface area contributed by atoms with Crippen molar-refractivity contribution >= 4 is 39.6 Å². The second-order valence-corrected chi connectivity index (χ2v) is 6.73. The Bertz CT molecular complexity index is 1080. The van der Waals surface area contributed by atoms with E-state index in [9.17, 15) is 27.3 Å². The van der Waals surface area contributed by atoms with Crippen LogP contribution in [0.2, 0.25) is 5.02 Å². The number of fused-ring (bicyclic) bond motifs is 1. The fourth-order valence-electron chi connectivity index (χ4n) is 2.05. The number of carboxylic acid groups (broad SMARTS) is 1. The number of carboxylic acids is 1. The van der Waals surface area contributed by atoms with Crippen molar-refractivity contribution in [1.29, 1.82) is 0 Å². The van der Waals surface area contributed by atoms with E-state index < -0.39 is 38.1 Å². The maximum absolute atomic E-state index is 12.6. The van der Waals surface area contributed by atoms with Crippen molar-refractivity contribution in [1.82, 2.24) is 19.7 Å². The SMILES string of the molecule is O=C(O)c1cnn(-c2nc3cc(Cl)c([S+]([O-])C(F)(F)F)cc3c(=O)[nH]2)c1. The molecule has 1 unspecified atom stereocenters. The van der Waals surface area contributed by atoms with Crippen LogP contribution in [0, 0.1) is 0 Å². The summed E-state index contributed by atoms with van der Waals surface area (Å²) in [5.74, 6) is -1.42. The van der Waals surface area contributed by atoms with Crippen LogP contribution in [0.5, 0.6) is 0 Å². The summed E-state index contributed by atoms with van der Waals surface area (Å²) in [6.45, 7) is 0. The predicted octanol–water partition coefficient (Wildman–Crippen LogP) is 2.09. The maximum atomic E-state index is 12.6. The number of aromatic carboxylic acids is 1. The first-order valence-electron chi connectivity index (χ1n) is 6.58. The molecule has 0 aliphatic heterocycles. The number of aromatic nitrogens is 4. The Balaban J connectivity index is 2.15. The van der Waals surface area contributed by atoms with Gasteiger partial charge in [0.05, 0.1) is 27.7 Å².